The van der Waals surface area contributed by atoms with Crippen molar-refractivity contribution in [2.75, 3.05) is 5.73 Å². The average molecular weight is 261 g/mol. The molecule has 0 fully saturated rings. The highest BCUT2D eigenvalue weighted by Crippen LogP contribution is 2.37. The maximum absolute atomic E-state index is 11.1. The van der Waals surface area contributed by atoms with Crippen molar-refractivity contribution in [1.29, 1.82) is 0 Å². The predicted molar refractivity (Wildman–Crippen MR) is 71.8 cm³/mol. The standard InChI is InChI=1S/C13H15N3O3/c1-7(2)11-12(15-19-13(11)14)9-6-8(3)4-5-10(9)16(17)18/h4-7H,14H2,1-3H3. The summed E-state index contributed by atoms with van der Waals surface area (Å²) in [7, 11) is 0. The van der Waals surface area contributed by atoms with Crippen LogP contribution in [0.25, 0.3) is 11.3 Å². The van der Waals surface area contributed by atoms with Gasteiger partial charge in [-0.1, -0.05) is 25.1 Å². The molecule has 0 aliphatic carbocycles. The monoisotopic (exact) mass is 261 g/mol. The second-order valence-corrected chi connectivity index (χ2v) is 4.74. The third kappa shape index (κ3) is 2.29. The highest BCUT2D eigenvalue weighted by Gasteiger charge is 2.24. The number of hydrogen-bond acceptors (Lipinski definition) is 5. The van der Waals surface area contributed by atoms with Gasteiger partial charge in [0, 0.05) is 11.6 Å². The summed E-state index contributed by atoms with van der Waals surface area (Å²) in [4.78, 5) is 10.7. The lowest BCUT2D eigenvalue weighted by molar-refractivity contribution is -0.384. The third-order valence-electron chi connectivity index (χ3n) is 2.94. The molecular weight excluding hydrogens is 246 g/mol. The SMILES string of the molecule is Cc1ccc([N+](=O)[O-])c(-c2noc(N)c2C(C)C)c1. The highest BCUT2D eigenvalue weighted by atomic mass is 16.6. The van der Waals surface area contributed by atoms with Crippen LogP contribution in [0.5, 0.6) is 0 Å². The van der Waals surface area contributed by atoms with Crippen molar-refractivity contribution in [1.82, 2.24) is 5.16 Å². The molecule has 1 heterocycles. The van der Waals surface area contributed by atoms with Gasteiger partial charge in [-0.3, -0.25) is 10.1 Å². The van der Waals surface area contributed by atoms with Gasteiger partial charge in [-0.05, 0) is 24.5 Å². The first-order valence-corrected chi connectivity index (χ1v) is 5.92. The predicted octanol–water partition coefficient (Wildman–Crippen LogP) is 3.26. The summed E-state index contributed by atoms with van der Waals surface area (Å²) < 4.78 is 4.99. The maximum Gasteiger partial charge on any atom is 0.278 e. The number of benzene rings is 1. The van der Waals surface area contributed by atoms with Gasteiger partial charge < -0.3 is 10.3 Å². The molecule has 100 valence electrons. The zero-order valence-corrected chi connectivity index (χ0v) is 11.0. The molecule has 0 bridgehead atoms. The second-order valence-electron chi connectivity index (χ2n) is 4.74. The minimum atomic E-state index is -0.427. The van der Waals surface area contributed by atoms with Gasteiger partial charge in [-0.15, -0.1) is 0 Å². The number of rotatable bonds is 3. The lowest BCUT2D eigenvalue weighted by Crippen LogP contribution is -1.98. The summed E-state index contributed by atoms with van der Waals surface area (Å²) >= 11 is 0. The van der Waals surface area contributed by atoms with Gasteiger partial charge in [0.25, 0.3) is 5.69 Å². The first-order valence-electron chi connectivity index (χ1n) is 5.92. The minimum absolute atomic E-state index is 0.000741. The van der Waals surface area contributed by atoms with Crippen LogP contribution in [-0.2, 0) is 0 Å². The number of nitro benzene ring substituents is 1. The molecule has 1 aromatic heterocycles. The first kappa shape index (κ1) is 13.1. The topological polar surface area (TPSA) is 95.2 Å². The van der Waals surface area contributed by atoms with Crippen LogP contribution in [-0.4, -0.2) is 10.1 Å². The van der Waals surface area contributed by atoms with Crippen molar-refractivity contribution >= 4 is 11.6 Å². The van der Waals surface area contributed by atoms with Crippen molar-refractivity contribution in [2.24, 2.45) is 0 Å². The molecule has 0 amide bonds. The van der Waals surface area contributed by atoms with Gasteiger partial charge in [-0.25, -0.2) is 0 Å². The number of nitrogens with zero attached hydrogens (tertiary/aromatic N) is 2. The second kappa shape index (κ2) is 4.72. The molecule has 6 heteroatoms. The third-order valence-corrected chi connectivity index (χ3v) is 2.94. The van der Waals surface area contributed by atoms with Gasteiger partial charge in [0.2, 0.25) is 5.88 Å². The van der Waals surface area contributed by atoms with Crippen LogP contribution in [0.1, 0.15) is 30.9 Å². The summed E-state index contributed by atoms with van der Waals surface area (Å²) in [6, 6.07) is 4.89. The quantitative estimate of drug-likeness (QED) is 0.675. The van der Waals surface area contributed by atoms with Crippen molar-refractivity contribution in [3.8, 4) is 11.3 Å². The molecule has 0 unspecified atom stereocenters. The zero-order chi connectivity index (χ0) is 14.2. The maximum atomic E-state index is 11.1. The van der Waals surface area contributed by atoms with Crippen LogP contribution < -0.4 is 5.73 Å². The zero-order valence-electron chi connectivity index (χ0n) is 11.0. The smallest absolute Gasteiger partial charge is 0.278 e. The van der Waals surface area contributed by atoms with Crippen molar-refractivity contribution in [3.05, 3.63) is 39.4 Å². The van der Waals surface area contributed by atoms with E-state index in [2.05, 4.69) is 5.16 Å². The molecule has 0 aliphatic heterocycles. The number of aryl methyl sites for hydroxylation is 1. The molecule has 0 radical (unpaired) electrons. The van der Waals surface area contributed by atoms with E-state index in [4.69, 9.17) is 10.3 Å². The Morgan fingerprint density at radius 3 is 2.68 bits per heavy atom. The molecule has 2 aromatic rings. The van der Waals surface area contributed by atoms with Crippen molar-refractivity contribution in [2.45, 2.75) is 26.7 Å². The van der Waals surface area contributed by atoms with E-state index in [1.807, 2.05) is 20.8 Å². The molecule has 0 saturated carbocycles. The van der Waals surface area contributed by atoms with E-state index >= 15 is 0 Å². The Morgan fingerprint density at radius 1 is 1.42 bits per heavy atom. The van der Waals surface area contributed by atoms with E-state index in [1.165, 1.54) is 6.07 Å². The van der Waals surface area contributed by atoms with Crippen LogP contribution in [0.2, 0.25) is 0 Å². The highest BCUT2D eigenvalue weighted by molar-refractivity contribution is 5.76. The number of nitrogens with two attached hydrogens (primary N) is 1. The van der Waals surface area contributed by atoms with Gasteiger partial charge >= 0.3 is 0 Å². The number of hydrogen-bond donors (Lipinski definition) is 1. The number of nitrogen functional groups attached to an aromatic ring is 1. The van der Waals surface area contributed by atoms with E-state index in [0.29, 0.717) is 16.8 Å². The summed E-state index contributed by atoms with van der Waals surface area (Å²) in [5.41, 5.74) is 8.25. The molecule has 1 aromatic carbocycles. The Labute approximate surface area is 110 Å². The minimum Gasteiger partial charge on any atom is -0.367 e. The normalized spacial score (nSPS) is 10.9. The van der Waals surface area contributed by atoms with E-state index in [-0.39, 0.29) is 17.5 Å². The molecule has 0 saturated heterocycles. The van der Waals surface area contributed by atoms with Gasteiger partial charge in [0.05, 0.1) is 10.5 Å². The van der Waals surface area contributed by atoms with Crippen LogP contribution in [0.4, 0.5) is 11.6 Å². The fourth-order valence-corrected chi connectivity index (χ4v) is 2.06. The average Bonchev–Trinajstić information content (AvgIpc) is 2.70. The molecule has 19 heavy (non-hydrogen) atoms. The fourth-order valence-electron chi connectivity index (χ4n) is 2.06. The molecular formula is C13H15N3O3. The molecule has 0 aliphatic rings. The number of anilines is 1. The molecule has 0 spiro atoms. The van der Waals surface area contributed by atoms with E-state index in [0.717, 1.165) is 5.56 Å². The van der Waals surface area contributed by atoms with Crippen LogP contribution >= 0.6 is 0 Å². The Morgan fingerprint density at radius 2 is 2.11 bits per heavy atom. The molecule has 2 rings (SSSR count). The van der Waals surface area contributed by atoms with Crippen molar-refractivity contribution in [3.63, 3.8) is 0 Å². The molecule has 2 N–H and O–H groups in total. The summed E-state index contributed by atoms with van der Waals surface area (Å²) in [5, 5.41) is 15.0. The van der Waals surface area contributed by atoms with Crippen molar-refractivity contribution < 1.29 is 9.45 Å². The number of nitro groups is 1. The van der Waals surface area contributed by atoms with Gasteiger partial charge in [0.1, 0.15) is 5.69 Å². The van der Waals surface area contributed by atoms with Crippen LogP contribution in [0.3, 0.4) is 0 Å². The lowest BCUT2D eigenvalue weighted by Gasteiger charge is -2.06. The first-order chi connectivity index (χ1) is 8.91. The molecule has 0 atom stereocenters. The van der Waals surface area contributed by atoms with E-state index in [1.54, 1.807) is 12.1 Å². The Kier molecular flexibility index (Phi) is 3.25. The summed E-state index contributed by atoms with van der Waals surface area (Å²) in [6.45, 7) is 5.74. The van der Waals surface area contributed by atoms with E-state index in [9.17, 15) is 10.1 Å². The Balaban J connectivity index is 2.71. The molecule has 6 nitrogen and oxygen atoms in total. The summed E-state index contributed by atoms with van der Waals surface area (Å²) in [5.74, 6) is 0.280. The number of aromatic nitrogens is 1. The fraction of sp³-hybridized carbons (Fsp3) is 0.308. The van der Waals surface area contributed by atoms with Gasteiger partial charge in [-0.2, -0.15) is 0 Å². The van der Waals surface area contributed by atoms with Crippen LogP contribution in [0.15, 0.2) is 22.7 Å². The summed E-state index contributed by atoms with van der Waals surface area (Å²) in [6.07, 6.45) is 0. The largest absolute Gasteiger partial charge is 0.367 e. The van der Waals surface area contributed by atoms with E-state index < -0.39 is 4.92 Å². The lowest BCUT2D eigenvalue weighted by atomic mass is 9.97. The Hall–Kier alpha value is -2.37. The van der Waals surface area contributed by atoms with Crippen LogP contribution in [0, 0.1) is 17.0 Å². The van der Waals surface area contributed by atoms with Gasteiger partial charge in [0.15, 0.2) is 0 Å². The Bertz CT molecular complexity index is 632.